The highest BCUT2D eigenvalue weighted by atomic mass is 16.5. The van der Waals surface area contributed by atoms with Gasteiger partial charge in [-0.15, -0.1) is 0 Å². The van der Waals surface area contributed by atoms with Crippen molar-refractivity contribution in [2.24, 2.45) is 0 Å². The van der Waals surface area contributed by atoms with Crippen LogP contribution in [0.5, 0.6) is 5.75 Å². The van der Waals surface area contributed by atoms with Crippen molar-refractivity contribution in [2.75, 3.05) is 19.6 Å². The van der Waals surface area contributed by atoms with E-state index in [4.69, 9.17) is 4.74 Å². The SMILES string of the molecule is O=C1NCCCN1CC1Cc2ccccc2O1. The molecule has 0 spiro atoms. The summed E-state index contributed by atoms with van der Waals surface area (Å²) in [6, 6.07) is 8.13. The van der Waals surface area contributed by atoms with Crippen LogP contribution in [-0.4, -0.2) is 36.7 Å². The molecule has 3 rings (SSSR count). The molecule has 1 N–H and O–H groups in total. The van der Waals surface area contributed by atoms with Gasteiger partial charge < -0.3 is 15.0 Å². The monoisotopic (exact) mass is 232 g/mol. The molecule has 2 heterocycles. The molecule has 0 aliphatic carbocycles. The van der Waals surface area contributed by atoms with Gasteiger partial charge in [0.25, 0.3) is 0 Å². The molecule has 1 fully saturated rings. The molecule has 1 saturated heterocycles. The third kappa shape index (κ3) is 2.07. The molecule has 90 valence electrons. The molecule has 1 aromatic rings. The van der Waals surface area contributed by atoms with Crippen LogP contribution in [0.25, 0.3) is 0 Å². The fraction of sp³-hybridized carbons (Fsp3) is 0.462. The van der Waals surface area contributed by atoms with E-state index in [1.165, 1.54) is 5.56 Å². The number of rotatable bonds is 2. The molecule has 2 amide bonds. The minimum absolute atomic E-state index is 0.0378. The first kappa shape index (κ1) is 10.4. The predicted molar refractivity (Wildman–Crippen MR) is 64.2 cm³/mol. The second-order valence-corrected chi connectivity index (χ2v) is 4.58. The Morgan fingerprint density at radius 2 is 2.29 bits per heavy atom. The Hall–Kier alpha value is -1.71. The quantitative estimate of drug-likeness (QED) is 0.837. The van der Waals surface area contributed by atoms with E-state index in [1.54, 1.807) is 0 Å². The van der Waals surface area contributed by atoms with Gasteiger partial charge in [-0.2, -0.15) is 0 Å². The number of hydrogen-bond acceptors (Lipinski definition) is 2. The number of carbonyl (C=O) groups is 1. The summed E-state index contributed by atoms with van der Waals surface area (Å²) in [4.78, 5) is 13.5. The lowest BCUT2D eigenvalue weighted by atomic mass is 10.1. The van der Waals surface area contributed by atoms with Crippen molar-refractivity contribution >= 4 is 6.03 Å². The van der Waals surface area contributed by atoms with E-state index < -0.39 is 0 Å². The molecule has 0 radical (unpaired) electrons. The lowest BCUT2D eigenvalue weighted by Crippen LogP contribution is -2.49. The molecule has 1 unspecified atom stereocenters. The summed E-state index contributed by atoms with van der Waals surface area (Å²) >= 11 is 0. The normalized spacial score (nSPS) is 22.9. The second-order valence-electron chi connectivity index (χ2n) is 4.58. The van der Waals surface area contributed by atoms with Gasteiger partial charge in [-0.05, 0) is 18.1 Å². The number of hydrogen-bond donors (Lipinski definition) is 1. The topological polar surface area (TPSA) is 41.6 Å². The molecule has 1 aromatic carbocycles. The Balaban J connectivity index is 1.63. The summed E-state index contributed by atoms with van der Waals surface area (Å²) in [5.41, 5.74) is 1.25. The summed E-state index contributed by atoms with van der Waals surface area (Å²) in [7, 11) is 0. The molecular formula is C13H16N2O2. The largest absolute Gasteiger partial charge is 0.488 e. The van der Waals surface area contributed by atoms with Gasteiger partial charge in [0.2, 0.25) is 0 Å². The van der Waals surface area contributed by atoms with Crippen LogP contribution in [0, 0.1) is 0 Å². The Labute approximate surface area is 101 Å². The summed E-state index contributed by atoms with van der Waals surface area (Å²) in [6.07, 6.45) is 2.03. The van der Waals surface area contributed by atoms with E-state index in [9.17, 15) is 4.79 Å². The van der Waals surface area contributed by atoms with Gasteiger partial charge in [0.05, 0.1) is 6.54 Å². The number of nitrogens with one attached hydrogen (secondary N) is 1. The van der Waals surface area contributed by atoms with E-state index in [-0.39, 0.29) is 12.1 Å². The highest BCUT2D eigenvalue weighted by Crippen LogP contribution is 2.28. The van der Waals surface area contributed by atoms with Crippen LogP contribution < -0.4 is 10.1 Å². The number of fused-ring (bicyclic) bond motifs is 1. The van der Waals surface area contributed by atoms with Crippen molar-refractivity contribution in [3.05, 3.63) is 29.8 Å². The first-order valence-electron chi connectivity index (χ1n) is 6.10. The highest BCUT2D eigenvalue weighted by molar-refractivity contribution is 5.74. The first-order chi connectivity index (χ1) is 8.33. The smallest absolute Gasteiger partial charge is 0.317 e. The second kappa shape index (κ2) is 4.28. The fourth-order valence-corrected chi connectivity index (χ4v) is 2.45. The van der Waals surface area contributed by atoms with Crippen LogP contribution in [0.2, 0.25) is 0 Å². The van der Waals surface area contributed by atoms with Crippen molar-refractivity contribution in [3.8, 4) is 5.75 Å². The first-order valence-corrected chi connectivity index (χ1v) is 6.10. The van der Waals surface area contributed by atoms with Crippen LogP contribution in [0.3, 0.4) is 0 Å². The van der Waals surface area contributed by atoms with Crippen molar-refractivity contribution in [3.63, 3.8) is 0 Å². The molecule has 0 bridgehead atoms. The molecular weight excluding hydrogens is 216 g/mol. The Bertz CT molecular complexity index is 408. The average Bonchev–Trinajstić information content (AvgIpc) is 2.74. The Kier molecular flexibility index (Phi) is 2.63. The minimum Gasteiger partial charge on any atom is -0.488 e. The van der Waals surface area contributed by atoms with Crippen LogP contribution >= 0.6 is 0 Å². The predicted octanol–water partition coefficient (Wildman–Crippen LogP) is 1.41. The number of ether oxygens (including phenoxy) is 1. The molecule has 4 nitrogen and oxygen atoms in total. The Morgan fingerprint density at radius 3 is 3.12 bits per heavy atom. The zero-order valence-electron chi connectivity index (χ0n) is 9.69. The van der Waals surface area contributed by atoms with Crippen LogP contribution in [0.15, 0.2) is 24.3 Å². The van der Waals surface area contributed by atoms with Gasteiger partial charge in [-0.25, -0.2) is 4.79 Å². The van der Waals surface area contributed by atoms with Crippen molar-refractivity contribution in [1.82, 2.24) is 10.2 Å². The Morgan fingerprint density at radius 1 is 1.41 bits per heavy atom. The van der Waals surface area contributed by atoms with Crippen LogP contribution in [0.1, 0.15) is 12.0 Å². The number of amides is 2. The average molecular weight is 232 g/mol. The van der Waals surface area contributed by atoms with E-state index in [2.05, 4.69) is 11.4 Å². The molecule has 0 aromatic heterocycles. The number of carbonyl (C=O) groups excluding carboxylic acids is 1. The van der Waals surface area contributed by atoms with Gasteiger partial charge in [-0.3, -0.25) is 0 Å². The summed E-state index contributed by atoms with van der Waals surface area (Å²) in [5.74, 6) is 0.968. The molecule has 1 atom stereocenters. The van der Waals surface area contributed by atoms with Gasteiger partial charge in [0.15, 0.2) is 0 Å². The van der Waals surface area contributed by atoms with Crippen LogP contribution in [-0.2, 0) is 6.42 Å². The third-order valence-corrected chi connectivity index (χ3v) is 3.31. The molecule has 0 saturated carbocycles. The number of benzene rings is 1. The summed E-state index contributed by atoms with van der Waals surface area (Å²) in [6.45, 7) is 2.31. The maximum atomic E-state index is 11.6. The standard InChI is InChI=1S/C13H16N2O2/c16-13-14-6-3-7-15(13)9-11-8-10-4-1-2-5-12(10)17-11/h1-2,4-5,11H,3,6-9H2,(H,14,16). The van der Waals surface area contributed by atoms with Gasteiger partial charge >= 0.3 is 6.03 Å². The lowest BCUT2D eigenvalue weighted by molar-refractivity contribution is 0.142. The maximum Gasteiger partial charge on any atom is 0.317 e. The number of para-hydroxylation sites is 1. The lowest BCUT2D eigenvalue weighted by Gasteiger charge is -2.29. The summed E-state index contributed by atoms with van der Waals surface area (Å²) in [5, 5.41) is 2.86. The molecule has 2 aliphatic rings. The van der Waals surface area contributed by atoms with Crippen molar-refractivity contribution < 1.29 is 9.53 Å². The van der Waals surface area contributed by atoms with Crippen LogP contribution in [0.4, 0.5) is 4.79 Å². The maximum absolute atomic E-state index is 11.6. The van der Waals surface area contributed by atoms with Crippen molar-refractivity contribution in [1.29, 1.82) is 0 Å². The minimum atomic E-state index is 0.0378. The number of nitrogens with zero attached hydrogens (tertiary/aromatic N) is 1. The zero-order valence-corrected chi connectivity index (χ0v) is 9.69. The molecule has 17 heavy (non-hydrogen) atoms. The number of urea groups is 1. The zero-order chi connectivity index (χ0) is 11.7. The van der Waals surface area contributed by atoms with E-state index in [0.29, 0.717) is 6.54 Å². The third-order valence-electron chi connectivity index (χ3n) is 3.31. The van der Waals surface area contributed by atoms with Gasteiger partial charge in [0.1, 0.15) is 11.9 Å². The van der Waals surface area contributed by atoms with E-state index in [0.717, 1.165) is 31.7 Å². The van der Waals surface area contributed by atoms with Crippen molar-refractivity contribution in [2.45, 2.75) is 18.9 Å². The van der Waals surface area contributed by atoms with Gasteiger partial charge in [-0.1, -0.05) is 18.2 Å². The molecule has 2 aliphatic heterocycles. The summed E-state index contributed by atoms with van der Waals surface area (Å²) < 4.78 is 5.84. The van der Waals surface area contributed by atoms with E-state index >= 15 is 0 Å². The molecule has 4 heteroatoms. The fourth-order valence-electron chi connectivity index (χ4n) is 2.45. The highest BCUT2D eigenvalue weighted by Gasteiger charge is 2.27. The van der Waals surface area contributed by atoms with Gasteiger partial charge in [0, 0.05) is 19.5 Å². The van der Waals surface area contributed by atoms with E-state index in [1.807, 2.05) is 23.1 Å².